The number of carbonyl (C=O) groups is 1. The van der Waals surface area contributed by atoms with Crippen molar-refractivity contribution in [3.05, 3.63) is 0 Å². The maximum Gasteiger partial charge on any atom is 0.311 e. The maximum absolute atomic E-state index is 11.3. The monoisotopic (exact) mass is 188 g/mol. The normalized spacial score (nSPS) is 16.5. The summed E-state index contributed by atoms with van der Waals surface area (Å²) in [7, 11) is 3.02. The second kappa shape index (κ2) is 4.61. The SMILES string of the molecule is COC(=O)[C@H](C)[C@@H](OC)C(C)(C)C. The van der Waals surface area contributed by atoms with Crippen LogP contribution in [0.5, 0.6) is 0 Å². The van der Waals surface area contributed by atoms with Crippen LogP contribution in [0.3, 0.4) is 0 Å². The number of ether oxygens (including phenoxy) is 2. The number of carbonyl (C=O) groups excluding carboxylic acids is 1. The van der Waals surface area contributed by atoms with E-state index >= 15 is 0 Å². The first kappa shape index (κ1) is 12.4. The number of hydrogen-bond donors (Lipinski definition) is 0. The van der Waals surface area contributed by atoms with Crippen LogP contribution in [0, 0.1) is 11.3 Å². The number of hydrogen-bond acceptors (Lipinski definition) is 3. The van der Waals surface area contributed by atoms with Crippen molar-refractivity contribution in [1.82, 2.24) is 0 Å². The van der Waals surface area contributed by atoms with Gasteiger partial charge < -0.3 is 9.47 Å². The first-order chi connectivity index (χ1) is 5.84. The molecule has 0 radical (unpaired) electrons. The lowest BCUT2D eigenvalue weighted by atomic mass is 9.82. The third-order valence-electron chi connectivity index (χ3n) is 2.13. The van der Waals surface area contributed by atoms with Gasteiger partial charge in [-0.1, -0.05) is 20.8 Å². The van der Waals surface area contributed by atoms with Gasteiger partial charge in [0.2, 0.25) is 0 Å². The van der Waals surface area contributed by atoms with Gasteiger partial charge >= 0.3 is 5.97 Å². The summed E-state index contributed by atoms with van der Waals surface area (Å²) in [6.07, 6.45) is -0.111. The van der Waals surface area contributed by atoms with Gasteiger partial charge in [-0.05, 0) is 12.3 Å². The Kier molecular flexibility index (Phi) is 4.40. The smallest absolute Gasteiger partial charge is 0.311 e. The van der Waals surface area contributed by atoms with Gasteiger partial charge in [0.05, 0.1) is 19.1 Å². The van der Waals surface area contributed by atoms with Crippen molar-refractivity contribution in [2.45, 2.75) is 33.8 Å². The molecule has 13 heavy (non-hydrogen) atoms. The number of esters is 1. The molecule has 0 saturated carbocycles. The highest BCUT2D eigenvalue weighted by atomic mass is 16.5. The van der Waals surface area contributed by atoms with Gasteiger partial charge in [-0.15, -0.1) is 0 Å². The van der Waals surface area contributed by atoms with Gasteiger partial charge in [-0.25, -0.2) is 0 Å². The first-order valence-electron chi connectivity index (χ1n) is 4.45. The third-order valence-corrected chi connectivity index (χ3v) is 2.13. The quantitative estimate of drug-likeness (QED) is 0.634. The van der Waals surface area contributed by atoms with Crippen molar-refractivity contribution in [2.24, 2.45) is 11.3 Å². The molecule has 0 aliphatic heterocycles. The molecule has 3 nitrogen and oxygen atoms in total. The number of rotatable bonds is 3. The van der Waals surface area contributed by atoms with Gasteiger partial charge in [-0.3, -0.25) is 4.79 Å². The highest BCUT2D eigenvalue weighted by Gasteiger charge is 2.34. The third kappa shape index (κ3) is 3.35. The minimum Gasteiger partial charge on any atom is -0.469 e. The molecule has 0 N–H and O–H groups in total. The van der Waals surface area contributed by atoms with Crippen LogP contribution in [0.2, 0.25) is 0 Å². The Labute approximate surface area is 80.4 Å². The Bertz CT molecular complexity index is 169. The van der Waals surface area contributed by atoms with E-state index in [1.807, 2.05) is 27.7 Å². The molecule has 0 aromatic heterocycles. The summed E-state index contributed by atoms with van der Waals surface area (Å²) in [5.74, 6) is -0.447. The molecule has 0 saturated heterocycles. The first-order valence-corrected chi connectivity index (χ1v) is 4.45. The summed E-state index contributed by atoms with van der Waals surface area (Å²) in [6.45, 7) is 7.95. The minimum absolute atomic E-state index is 0.0532. The molecular weight excluding hydrogens is 168 g/mol. The Balaban J connectivity index is 4.50. The molecule has 3 heteroatoms. The lowest BCUT2D eigenvalue weighted by Crippen LogP contribution is -2.38. The summed E-state index contributed by atoms with van der Waals surface area (Å²) in [5, 5.41) is 0. The molecule has 0 heterocycles. The van der Waals surface area contributed by atoms with Crippen molar-refractivity contribution in [1.29, 1.82) is 0 Å². The van der Waals surface area contributed by atoms with E-state index in [0.717, 1.165) is 0 Å². The van der Waals surface area contributed by atoms with Crippen molar-refractivity contribution >= 4 is 5.97 Å². The highest BCUT2D eigenvalue weighted by Crippen LogP contribution is 2.28. The molecule has 0 aromatic carbocycles. The van der Waals surface area contributed by atoms with E-state index < -0.39 is 0 Å². The minimum atomic E-state index is -0.227. The second-order valence-electron chi connectivity index (χ2n) is 4.33. The molecule has 0 bridgehead atoms. The molecule has 2 atom stereocenters. The zero-order valence-corrected chi connectivity index (χ0v) is 9.38. The average Bonchev–Trinajstić information content (AvgIpc) is 2.01. The van der Waals surface area contributed by atoms with Gasteiger partial charge in [-0.2, -0.15) is 0 Å². The maximum atomic E-state index is 11.3. The summed E-state index contributed by atoms with van der Waals surface area (Å²) in [4.78, 5) is 11.3. The topological polar surface area (TPSA) is 35.5 Å². The van der Waals surface area contributed by atoms with E-state index in [2.05, 4.69) is 4.74 Å². The molecule has 0 unspecified atom stereocenters. The zero-order chi connectivity index (χ0) is 10.6. The molecule has 0 spiro atoms. The van der Waals surface area contributed by atoms with Crippen molar-refractivity contribution in [3.8, 4) is 0 Å². The summed E-state index contributed by atoms with van der Waals surface area (Å²) in [5.41, 5.74) is -0.0532. The molecule has 0 aliphatic carbocycles. The molecule has 0 fully saturated rings. The lowest BCUT2D eigenvalue weighted by molar-refractivity contribution is -0.153. The van der Waals surface area contributed by atoms with Gasteiger partial charge in [0.15, 0.2) is 0 Å². The molecule has 0 aromatic rings. The van der Waals surface area contributed by atoms with Gasteiger partial charge in [0, 0.05) is 7.11 Å². The Morgan fingerprint density at radius 3 is 1.92 bits per heavy atom. The Morgan fingerprint density at radius 2 is 1.69 bits per heavy atom. The number of methoxy groups -OCH3 is 2. The van der Waals surface area contributed by atoms with Gasteiger partial charge in [0.1, 0.15) is 0 Å². The van der Waals surface area contributed by atoms with E-state index in [4.69, 9.17) is 4.74 Å². The Morgan fingerprint density at radius 1 is 1.23 bits per heavy atom. The summed E-state index contributed by atoms with van der Waals surface area (Å²) < 4.78 is 9.97. The van der Waals surface area contributed by atoms with Crippen LogP contribution in [0.4, 0.5) is 0 Å². The van der Waals surface area contributed by atoms with Crippen molar-refractivity contribution in [2.75, 3.05) is 14.2 Å². The fourth-order valence-electron chi connectivity index (χ4n) is 1.62. The van der Waals surface area contributed by atoms with Crippen LogP contribution in [-0.2, 0) is 14.3 Å². The van der Waals surface area contributed by atoms with E-state index in [1.54, 1.807) is 7.11 Å². The fraction of sp³-hybridized carbons (Fsp3) is 0.900. The van der Waals surface area contributed by atoms with Crippen LogP contribution in [0.25, 0.3) is 0 Å². The van der Waals surface area contributed by atoms with Crippen LogP contribution >= 0.6 is 0 Å². The predicted octanol–water partition coefficient (Wildman–Crippen LogP) is 1.86. The molecule has 0 rings (SSSR count). The fourth-order valence-corrected chi connectivity index (χ4v) is 1.62. The highest BCUT2D eigenvalue weighted by molar-refractivity contribution is 5.72. The standard InChI is InChI=1S/C10H20O3/c1-7(9(11)13-6)8(12-5)10(2,3)4/h7-8H,1-6H3/t7-,8-/m1/s1. The Hall–Kier alpha value is -0.570. The van der Waals surface area contributed by atoms with Crippen molar-refractivity contribution in [3.63, 3.8) is 0 Å². The molecule has 0 aliphatic rings. The zero-order valence-electron chi connectivity index (χ0n) is 9.38. The lowest BCUT2D eigenvalue weighted by Gasteiger charge is -2.32. The summed E-state index contributed by atoms with van der Waals surface area (Å²) in [6, 6.07) is 0. The average molecular weight is 188 g/mol. The van der Waals surface area contributed by atoms with Crippen LogP contribution in [0.1, 0.15) is 27.7 Å². The van der Waals surface area contributed by atoms with Crippen LogP contribution in [0.15, 0.2) is 0 Å². The van der Waals surface area contributed by atoms with Crippen LogP contribution in [-0.4, -0.2) is 26.3 Å². The van der Waals surface area contributed by atoms with Gasteiger partial charge in [0.25, 0.3) is 0 Å². The largest absolute Gasteiger partial charge is 0.469 e. The molecule has 78 valence electrons. The molecular formula is C10H20O3. The van der Waals surface area contributed by atoms with Crippen molar-refractivity contribution < 1.29 is 14.3 Å². The molecule has 0 amide bonds. The van der Waals surface area contributed by atoms with E-state index in [-0.39, 0.29) is 23.4 Å². The van der Waals surface area contributed by atoms with Crippen LogP contribution < -0.4 is 0 Å². The van der Waals surface area contributed by atoms with E-state index in [9.17, 15) is 4.79 Å². The van der Waals surface area contributed by atoms with E-state index in [1.165, 1.54) is 7.11 Å². The summed E-state index contributed by atoms with van der Waals surface area (Å²) >= 11 is 0. The second-order valence-corrected chi connectivity index (χ2v) is 4.33. The van der Waals surface area contributed by atoms with E-state index in [0.29, 0.717) is 0 Å². The predicted molar refractivity (Wildman–Crippen MR) is 51.4 cm³/mol.